The highest BCUT2D eigenvalue weighted by molar-refractivity contribution is 6.06. The van der Waals surface area contributed by atoms with E-state index in [-0.39, 0.29) is 13.2 Å². The van der Waals surface area contributed by atoms with Crippen LogP contribution in [0.5, 0.6) is 0 Å². The molecule has 0 aliphatic carbocycles. The molecule has 2 N–H and O–H groups in total. The van der Waals surface area contributed by atoms with Crippen LogP contribution in [0.25, 0.3) is 0 Å². The van der Waals surface area contributed by atoms with E-state index in [1.165, 1.54) is 6.92 Å². The summed E-state index contributed by atoms with van der Waals surface area (Å²) in [5, 5.41) is 0. The van der Waals surface area contributed by atoms with E-state index in [0.29, 0.717) is 11.3 Å². The highest BCUT2D eigenvalue weighted by Crippen LogP contribution is 2.31. The first-order valence-corrected chi connectivity index (χ1v) is 6.58. The molecule has 0 atom stereocenters. The molecule has 5 heteroatoms. The van der Waals surface area contributed by atoms with Gasteiger partial charge in [-0.3, -0.25) is 9.59 Å². The first kappa shape index (κ1) is 16.0. The van der Waals surface area contributed by atoms with Gasteiger partial charge in [0, 0.05) is 5.69 Å². The first-order valence-electron chi connectivity index (χ1n) is 6.58. The molecule has 0 saturated heterocycles. The lowest BCUT2D eigenvalue weighted by Gasteiger charge is -2.27. The third-order valence-electron chi connectivity index (χ3n) is 3.16. The number of nitrogen functional groups attached to an aromatic ring is 1. The molecule has 1 aromatic carbocycles. The van der Waals surface area contributed by atoms with Gasteiger partial charge in [-0.2, -0.15) is 0 Å². The average molecular weight is 279 g/mol. The van der Waals surface area contributed by atoms with Crippen molar-refractivity contribution in [2.45, 2.75) is 33.1 Å². The summed E-state index contributed by atoms with van der Waals surface area (Å²) < 4.78 is 10.1. The summed E-state index contributed by atoms with van der Waals surface area (Å²) in [5.41, 5.74) is 6.09. The number of carbonyl (C=O) groups excluding carboxylic acids is 2. The Hall–Kier alpha value is -2.04. The Labute approximate surface area is 119 Å². The molecule has 0 spiro atoms. The van der Waals surface area contributed by atoms with Crippen LogP contribution in [0.2, 0.25) is 0 Å². The minimum Gasteiger partial charge on any atom is -0.465 e. The van der Waals surface area contributed by atoms with Crippen molar-refractivity contribution in [1.82, 2.24) is 0 Å². The van der Waals surface area contributed by atoms with Gasteiger partial charge < -0.3 is 15.2 Å². The molecule has 110 valence electrons. The van der Waals surface area contributed by atoms with Gasteiger partial charge in [0.1, 0.15) is 0 Å². The largest absolute Gasteiger partial charge is 0.465 e. The Balaban J connectivity index is 3.36. The lowest BCUT2D eigenvalue weighted by Crippen LogP contribution is -2.44. The summed E-state index contributed by atoms with van der Waals surface area (Å²) in [6.45, 7) is 7.09. The van der Waals surface area contributed by atoms with Crippen LogP contribution in [0.3, 0.4) is 0 Å². The molecular formula is C15H21NO4. The monoisotopic (exact) mass is 279 g/mol. The Morgan fingerprint density at radius 3 is 2.05 bits per heavy atom. The minimum atomic E-state index is -1.48. The summed E-state index contributed by atoms with van der Waals surface area (Å²) in [4.78, 5) is 24.5. The van der Waals surface area contributed by atoms with E-state index < -0.39 is 17.4 Å². The van der Waals surface area contributed by atoms with Crippen LogP contribution in [0.4, 0.5) is 5.69 Å². The number of esters is 2. The maximum absolute atomic E-state index is 12.3. The maximum atomic E-state index is 12.3. The smallest absolute Gasteiger partial charge is 0.327 e. The fraction of sp³-hybridized carbons (Fsp3) is 0.467. The highest BCUT2D eigenvalue weighted by Gasteiger charge is 2.46. The van der Waals surface area contributed by atoms with Gasteiger partial charge in [-0.05, 0) is 51.0 Å². The van der Waals surface area contributed by atoms with Crippen molar-refractivity contribution in [3.8, 4) is 0 Å². The van der Waals surface area contributed by atoms with Crippen molar-refractivity contribution in [3.05, 3.63) is 29.3 Å². The van der Waals surface area contributed by atoms with Crippen molar-refractivity contribution in [3.63, 3.8) is 0 Å². The second-order valence-electron chi connectivity index (χ2n) is 4.64. The number of carbonyl (C=O) groups is 2. The zero-order valence-corrected chi connectivity index (χ0v) is 12.4. The molecule has 20 heavy (non-hydrogen) atoms. The van der Waals surface area contributed by atoms with Crippen LogP contribution in [0.15, 0.2) is 18.2 Å². The molecule has 0 saturated carbocycles. The van der Waals surface area contributed by atoms with E-state index >= 15 is 0 Å². The van der Waals surface area contributed by atoms with Crippen molar-refractivity contribution < 1.29 is 19.1 Å². The number of hydrogen-bond donors (Lipinski definition) is 1. The van der Waals surface area contributed by atoms with Gasteiger partial charge in [0.2, 0.25) is 0 Å². The van der Waals surface area contributed by atoms with E-state index in [0.717, 1.165) is 5.56 Å². The quantitative estimate of drug-likeness (QED) is 0.506. The summed E-state index contributed by atoms with van der Waals surface area (Å²) in [6, 6.07) is 5.03. The summed E-state index contributed by atoms with van der Waals surface area (Å²) >= 11 is 0. The molecule has 0 bridgehead atoms. The standard InChI is InChI=1S/C15H21NO4/c1-5-19-13(17)15(4,14(18)20-6-2)12-8-7-11(16)9-10(12)3/h7-9H,5-6,16H2,1-4H3. The van der Waals surface area contributed by atoms with Crippen LogP contribution in [-0.4, -0.2) is 25.2 Å². The van der Waals surface area contributed by atoms with Crippen LogP contribution in [-0.2, 0) is 24.5 Å². The Bertz CT molecular complexity index is 493. The van der Waals surface area contributed by atoms with Gasteiger partial charge in [0.05, 0.1) is 13.2 Å². The SMILES string of the molecule is CCOC(=O)C(C)(C(=O)OCC)c1ccc(N)cc1C. The molecule has 0 aliphatic heterocycles. The van der Waals surface area contributed by atoms with Gasteiger partial charge in [-0.25, -0.2) is 0 Å². The molecular weight excluding hydrogens is 258 g/mol. The summed E-state index contributed by atoms with van der Waals surface area (Å²) in [7, 11) is 0. The third kappa shape index (κ3) is 2.92. The van der Waals surface area contributed by atoms with E-state index in [1.54, 1.807) is 39.0 Å². The molecule has 0 aliphatic rings. The van der Waals surface area contributed by atoms with E-state index in [2.05, 4.69) is 0 Å². The Morgan fingerprint density at radius 2 is 1.65 bits per heavy atom. The van der Waals surface area contributed by atoms with Crippen molar-refractivity contribution in [1.29, 1.82) is 0 Å². The average Bonchev–Trinajstić information content (AvgIpc) is 2.38. The van der Waals surface area contributed by atoms with Gasteiger partial charge >= 0.3 is 11.9 Å². The number of rotatable bonds is 5. The van der Waals surface area contributed by atoms with E-state index in [4.69, 9.17) is 15.2 Å². The van der Waals surface area contributed by atoms with Crippen LogP contribution in [0.1, 0.15) is 31.9 Å². The van der Waals surface area contributed by atoms with E-state index in [9.17, 15) is 9.59 Å². The fourth-order valence-electron chi connectivity index (χ4n) is 2.10. The molecule has 0 aromatic heterocycles. The van der Waals surface area contributed by atoms with Gasteiger partial charge in [-0.1, -0.05) is 6.07 Å². The Morgan fingerprint density at radius 1 is 1.15 bits per heavy atom. The maximum Gasteiger partial charge on any atom is 0.327 e. The zero-order valence-electron chi connectivity index (χ0n) is 12.4. The lowest BCUT2D eigenvalue weighted by molar-refractivity contribution is -0.163. The molecule has 5 nitrogen and oxygen atoms in total. The molecule has 1 aromatic rings. The summed E-state index contributed by atoms with van der Waals surface area (Å²) in [5.74, 6) is -1.24. The van der Waals surface area contributed by atoms with Crippen LogP contribution in [0, 0.1) is 6.92 Å². The predicted molar refractivity (Wildman–Crippen MR) is 76.2 cm³/mol. The molecule has 0 amide bonds. The zero-order chi connectivity index (χ0) is 15.3. The van der Waals surface area contributed by atoms with Crippen LogP contribution < -0.4 is 5.73 Å². The number of aryl methyl sites for hydroxylation is 1. The van der Waals surface area contributed by atoms with Gasteiger partial charge in [-0.15, -0.1) is 0 Å². The number of nitrogens with two attached hydrogens (primary N) is 1. The normalized spacial score (nSPS) is 11.0. The van der Waals surface area contributed by atoms with Crippen LogP contribution >= 0.6 is 0 Å². The molecule has 0 unspecified atom stereocenters. The second kappa shape index (κ2) is 6.41. The molecule has 0 fully saturated rings. The molecule has 1 rings (SSSR count). The van der Waals surface area contributed by atoms with E-state index in [1.807, 2.05) is 0 Å². The van der Waals surface area contributed by atoms with Gasteiger partial charge in [0.25, 0.3) is 0 Å². The number of anilines is 1. The second-order valence-corrected chi connectivity index (χ2v) is 4.64. The lowest BCUT2D eigenvalue weighted by atomic mass is 9.80. The number of ether oxygens (including phenoxy) is 2. The van der Waals surface area contributed by atoms with Crippen molar-refractivity contribution >= 4 is 17.6 Å². The Kier molecular flexibility index (Phi) is 5.13. The predicted octanol–water partition coefficient (Wildman–Crippen LogP) is 1.96. The first-order chi connectivity index (χ1) is 9.37. The summed E-state index contributed by atoms with van der Waals surface area (Å²) in [6.07, 6.45) is 0. The third-order valence-corrected chi connectivity index (χ3v) is 3.16. The fourth-order valence-corrected chi connectivity index (χ4v) is 2.10. The van der Waals surface area contributed by atoms with Crippen molar-refractivity contribution in [2.75, 3.05) is 18.9 Å². The minimum absolute atomic E-state index is 0.196. The molecule has 0 radical (unpaired) electrons. The van der Waals surface area contributed by atoms with Crippen molar-refractivity contribution in [2.24, 2.45) is 0 Å². The number of benzene rings is 1. The molecule has 0 heterocycles. The topological polar surface area (TPSA) is 78.6 Å². The number of hydrogen-bond acceptors (Lipinski definition) is 5. The van der Waals surface area contributed by atoms with Gasteiger partial charge in [0.15, 0.2) is 5.41 Å². The highest BCUT2D eigenvalue weighted by atomic mass is 16.6.